The first-order valence-electron chi connectivity index (χ1n) is 7.22. The molecule has 116 valence electrons. The van der Waals surface area contributed by atoms with Crippen molar-refractivity contribution in [2.24, 2.45) is 0 Å². The van der Waals surface area contributed by atoms with Gasteiger partial charge in [-0.3, -0.25) is 9.59 Å². The Balaban J connectivity index is 2.32. The summed E-state index contributed by atoms with van der Waals surface area (Å²) in [5.41, 5.74) is 3.58. The number of aryl methyl sites for hydroxylation is 2. The van der Waals surface area contributed by atoms with Gasteiger partial charge in [0, 0.05) is 11.6 Å². The summed E-state index contributed by atoms with van der Waals surface area (Å²) in [6, 6.07) is 9.05. The Morgan fingerprint density at radius 1 is 1.18 bits per heavy atom. The largest absolute Gasteiger partial charge is 0.462 e. The molecule has 5 heteroatoms. The van der Waals surface area contributed by atoms with Gasteiger partial charge in [0.25, 0.3) is 5.56 Å². The summed E-state index contributed by atoms with van der Waals surface area (Å²) in [5, 5.41) is 4.26. The van der Waals surface area contributed by atoms with E-state index in [2.05, 4.69) is 5.10 Å². The van der Waals surface area contributed by atoms with Crippen molar-refractivity contribution < 1.29 is 9.53 Å². The van der Waals surface area contributed by atoms with Gasteiger partial charge in [-0.05, 0) is 51.0 Å². The van der Waals surface area contributed by atoms with Gasteiger partial charge in [0.1, 0.15) is 6.54 Å². The Morgan fingerprint density at radius 2 is 1.91 bits per heavy atom. The highest BCUT2D eigenvalue weighted by atomic mass is 16.5. The molecule has 0 bridgehead atoms. The highest BCUT2D eigenvalue weighted by Gasteiger charge is 2.10. The number of rotatable bonds is 4. The van der Waals surface area contributed by atoms with Crippen LogP contribution in [0.25, 0.3) is 11.3 Å². The predicted octanol–water partition coefficient (Wildman–Crippen LogP) is 2.48. The van der Waals surface area contributed by atoms with Gasteiger partial charge >= 0.3 is 5.97 Å². The fraction of sp³-hybridized carbons (Fsp3) is 0.353. The van der Waals surface area contributed by atoms with Crippen molar-refractivity contribution in [2.45, 2.75) is 40.3 Å². The van der Waals surface area contributed by atoms with Crippen LogP contribution < -0.4 is 5.56 Å². The van der Waals surface area contributed by atoms with E-state index < -0.39 is 5.97 Å². The lowest BCUT2D eigenvalue weighted by Gasteiger charge is -2.10. The number of carbonyl (C=O) groups is 1. The zero-order chi connectivity index (χ0) is 16.3. The Morgan fingerprint density at radius 3 is 2.55 bits per heavy atom. The maximum atomic E-state index is 11.8. The van der Waals surface area contributed by atoms with Gasteiger partial charge in [-0.25, -0.2) is 4.68 Å². The van der Waals surface area contributed by atoms with E-state index in [1.54, 1.807) is 19.9 Å². The van der Waals surface area contributed by atoms with Crippen LogP contribution in [0, 0.1) is 13.8 Å². The predicted molar refractivity (Wildman–Crippen MR) is 84.6 cm³/mol. The first kappa shape index (κ1) is 15.9. The van der Waals surface area contributed by atoms with E-state index in [9.17, 15) is 9.59 Å². The zero-order valence-corrected chi connectivity index (χ0v) is 13.3. The molecule has 0 saturated carbocycles. The molecule has 0 aliphatic heterocycles. The van der Waals surface area contributed by atoms with E-state index in [0.717, 1.165) is 15.8 Å². The van der Waals surface area contributed by atoms with Gasteiger partial charge < -0.3 is 4.74 Å². The minimum absolute atomic E-state index is 0.185. The number of carbonyl (C=O) groups excluding carboxylic acids is 1. The molecule has 1 heterocycles. The first-order valence-corrected chi connectivity index (χ1v) is 7.22. The second kappa shape index (κ2) is 6.56. The summed E-state index contributed by atoms with van der Waals surface area (Å²) in [6.07, 6.45) is -0.217. The highest BCUT2D eigenvalue weighted by Crippen LogP contribution is 2.19. The maximum Gasteiger partial charge on any atom is 0.328 e. The van der Waals surface area contributed by atoms with Crippen molar-refractivity contribution in [1.29, 1.82) is 0 Å². The highest BCUT2D eigenvalue weighted by molar-refractivity contribution is 5.69. The van der Waals surface area contributed by atoms with Crippen LogP contribution in [0.2, 0.25) is 0 Å². The molecule has 22 heavy (non-hydrogen) atoms. The molecule has 0 aliphatic carbocycles. The lowest BCUT2D eigenvalue weighted by Crippen LogP contribution is -2.28. The molecule has 0 saturated heterocycles. The van der Waals surface area contributed by atoms with Gasteiger partial charge in [0.2, 0.25) is 0 Å². The zero-order valence-electron chi connectivity index (χ0n) is 13.3. The number of benzene rings is 1. The third-order valence-corrected chi connectivity index (χ3v) is 3.32. The van der Waals surface area contributed by atoms with Gasteiger partial charge in [-0.2, -0.15) is 5.10 Å². The summed E-state index contributed by atoms with van der Waals surface area (Å²) in [4.78, 5) is 23.5. The molecule has 0 N–H and O–H groups in total. The molecule has 2 rings (SSSR count). The lowest BCUT2D eigenvalue weighted by molar-refractivity contribution is -0.148. The molecular weight excluding hydrogens is 280 g/mol. The van der Waals surface area contributed by atoms with E-state index in [1.165, 1.54) is 11.6 Å². The molecule has 2 aromatic rings. The van der Waals surface area contributed by atoms with Crippen LogP contribution in [-0.2, 0) is 16.1 Å². The quantitative estimate of drug-likeness (QED) is 0.814. The molecule has 0 radical (unpaired) electrons. The maximum absolute atomic E-state index is 11.8. The minimum Gasteiger partial charge on any atom is -0.462 e. The number of ether oxygens (including phenoxy) is 1. The Kier molecular flexibility index (Phi) is 4.75. The Bertz CT molecular complexity index is 748. The fourth-order valence-electron chi connectivity index (χ4n) is 2.04. The molecule has 0 unspecified atom stereocenters. The number of esters is 1. The van der Waals surface area contributed by atoms with Crippen LogP contribution in [0.15, 0.2) is 35.1 Å². The number of aromatic nitrogens is 2. The molecule has 0 aliphatic rings. The van der Waals surface area contributed by atoms with E-state index in [0.29, 0.717) is 5.69 Å². The standard InChI is InChI=1S/C17H20N2O3/c1-11(2)22-17(21)10-19-16(20)8-7-15(18-19)14-6-5-12(3)13(4)9-14/h5-9,11H,10H2,1-4H3. The molecular formula is C17H20N2O3. The van der Waals surface area contributed by atoms with Crippen LogP contribution in [0.1, 0.15) is 25.0 Å². The van der Waals surface area contributed by atoms with Crippen LogP contribution in [0.3, 0.4) is 0 Å². The molecule has 0 atom stereocenters. The summed E-state index contributed by atoms with van der Waals surface area (Å²) in [6.45, 7) is 7.40. The van der Waals surface area contributed by atoms with Crippen LogP contribution in [0.4, 0.5) is 0 Å². The van der Waals surface area contributed by atoms with Gasteiger partial charge in [-0.15, -0.1) is 0 Å². The smallest absolute Gasteiger partial charge is 0.328 e. The van der Waals surface area contributed by atoms with E-state index in [-0.39, 0.29) is 18.2 Å². The Hall–Kier alpha value is -2.43. The van der Waals surface area contributed by atoms with Crippen molar-refractivity contribution in [3.8, 4) is 11.3 Å². The number of hydrogen-bond donors (Lipinski definition) is 0. The molecule has 5 nitrogen and oxygen atoms in total. The number of hydrogen-bond acceptors (Lipinski definition) is 4. The van der Waals surface area contributed by atoms with Crippen LogP contribution >= 0.6 is 0 Å². The molecule has 1 aromatic heterocycles. The molecule has 0 amide bonds. The second-order valence-electron chi connectivity index (χ2n) is 5.55. The van der Waals surface area contributed by atoms with Crippen molar-refractivity contribution in [3.05, 3.63) is 51.8 Å². The van der Waals surface area contributed by atoms with E-state index >= 15 is 0 Å². The third-order valence-electron chi connectivity index (χ3n) is 3.32. The third kappa shape index (κ3) is 3.81. The average molecular weight is 300 g/mol. The minimum atomic E-state index is -0.471. The monoisotopic (exact) mass is 300 g/mol. The SMILES string of the molecule is Cc1ccc(-c2ccc(=O)n(CC(=O)OC(C)C)n2)cc1C. The van der Waals surface area contributed by atoms with Gasteiger partial charge in [0.15, 0.2) is 0 Å². The Labute approximate surface area is 129 Å². The number of nitrogens with zero attached hydrogens (tertiary/aromatic N) is 2. The van der Waals surface area contributed by atoms with Crippen LogP contribution in [0.5, 0.6) is 0 Å². The van der Waals surface area contributed by atoms with Gasteiger partial charge in [-0.1, -0.05) is 12.1 Å². The van der Waals surface area contributed by atoms with Crippen molar-refractivity contribution in [1.82, 2.24) is 9.78 Å². The fourth-order valence-corrected chi connectivity index (χ4v) is 2.04. The normalized spacial score (nSPS) is 10.8. The summed E-state index contributed by atoms with van der Waals surface area (Å²) in [7, 11) is 0. The van der Waals surface area contributed by atoms with E-state index in [4.69, 9.17) is 4.74 Å². The first-order chi connectivity index (χ1) is 10.4. The van der Waals surface area contributed by atoms with Crippen LogP contribution in [-0.4, -0.2) is 21.9 Å². The van der Waals surface area contributed by atoms with Gasteiger partial charge in [0.05, 0.1) is 11.8 Å². The van der Waals surface area contributed by atoms with Crippen molar-refractivity contribution in [3.63, 3.8) is 0 Å². The molecule has 0 fully saturated rings. The summed E-state index contributed by atoms with van der Waals surface area (Å²) >= 11 is 0. The summed E-state index contributed by atoms with van der Waals surface area (Å²) < 4.78 is 6.19. The molecule has 1 aromatic carbocycles. The molecule has 0 spiro atoms. The van der Waals surface area contributed by atoms with E-state index in [1.807, 2.05) is 32.0 Å². The summed E-state index contributed by atoms with van der Waals surface area (Å²) in [5.74, 6) is -0.471. The second-order valence-corrected chi connectivity index (χ2v) is 5.55. The average Bonchev–Trinajstić information content (AvgIpc) is 2.43. The van der Waals surface area contributed by atoms with Crippen molar-refractivity contribution >= 4 is 5.97 Å². The van der Waals surface area contributed by atoms with Crippen molar-refractivity contribution in [2.75, 3.05) is 0 Å². The topological polar surface area (TPSA) is 61.2 Å². The lowest BCUT2D eigenvalue weighted by atomic mass is 10.0.